The van der Waals surface area contributed by atoms with Gasteiger partial charge in [0.1, 0.15) is 5.75 Å². The normalized spacial score (nSPS) is 10.5. The molecule has 1 aromatic carbocycles. The summed E-state index contributed by atoms with van der Waals surface area (Å²) in [5.74, 6) is 0.983. The highest BCUT2D eigenvalue weighted by Gasteiger charge is 2.07. The first-order valence-electron chi connectivity index (χ1n) is 5.15. The van der Waals surface area contributed by atoms with Crippen molar-refractivity contribution in [1.29, 1.82) is 0 Å². The first kappa shape index (κ1) is 14.0. The molecule has 0 saturated carbocycles. The number of hydrogen-bond donors (Lipinski definition) is 0. The molecule has 0 aliphatic heterocycles. The third-order valence-electron chi connectivity index (χ3n) is 2.20. The maximum absolute atomic E-state index is 5.79. The van der Waals surface area contributed by atoms with Crippen LogP contribution >= 0.6 is 31.9 Å². The molecule has 0 aliphatic rings. The number of halogens is 2. The highest BCUT2D eigenvalue weighted by atomic mass is 79.9. The second-order valence-corrected chi connectivity index (χ2v) is 5.02. The van der Waals surface area contributed by atoms with Crippen molar-refractivity contribution in [2.24, 2.45) is 0 Å². The van der Waals surface area contributed by atoms with Gasteiger partial charge in [-0.05, 0) is 24.6 Å². The van der Waals surface area contributed by atoms with Gasteiger partial charge in [-0.15, -0.1) is 0 Å². The fraction of sp³-hybridized carbons (Fsp3) is 0.500. The molecule has 0 unspecified atom stereocenters. The van der Waals surface area contributed by atoms with Gasteiger partial charge in [-0.2, -0.15) is 0 Å². The summed E-state index contributed by atoms with van der Waals surface area (Å²) < 4.78 is 11.9. The van der Waals surface area contributed by atoms with Gasteiger partial charge in [-0.25, -0.2) is 0 Å². The van der Waals surface area contributed by atoms with E-state index in [1.54, 1.807) is 7.11 Å². The molecule has 0 amide bonds. The second-order valence-electron chi connectivity index (χ2n) is 3.54. The van der Waals surface area contributed by atoms with E-state index < -0.39 is 0 Å². The first-order valence-corrected chi connectivity index (χ1v) is 7.07. The molecular formula is C12H16Br2O2. The third-order valence-corrected chi connectivity index (χ3v) is 3.26. The zero-order chi connectivity index (χ0) is 12.0. The number of rotatable bonds is 6. The minimum absolute atomic E-state index is 0.691. The van der Waals surface area contributed by atoms with Gasteiger partial charge in [-0.1, -0.05) is 31.9 Å². The van der Waals surface area contributed by atoms with Gasteiger partial charge in [0.2, 0.25) is 0 Å². The molecule has 1 rings (SSSR count). The van der Waals surface area contributed by atoms with Crippen LogP contribution in [0.2, 0.25) is 0 Å². The van der Waals surface area contributed by atoms with Crippen LogP contribution in [0.5, 0.6) is 5.75 Å². The summed E-state index contributed by atoms with van der Waals surface area (Å²) in [4.78, 5) is 0. The molecule has 4 heteroatoms. The van der Waals surface area contributed by atoms with Crippen molar-refractivity contribution in [2.75, 3.05) is 20.3 Å². The van der Waals surface area contributed by atoms with E-state index in [1.165, 1.54) is 5.56 Å². The van der Waals surface area contributed by atoms with Crippen molar-refractivity contribution in [2.45, 2.75) is 18.7 Å². The Morgan fingerprint density at radius 1 is 1.25 bits per heavy atom. The van der Waals surface area contributed by atoms with E-state index in [-0.39, 0.29) is 0 Å². The van der Waals surface area contributed by atoms with Crippen LogP contribution in [0.1, 0.15) is 17.5 Å². The Kier molecular flexibility index (Phi) is 6.39. The summed E-state index contributed by atoms with van der Waals surface area (Å²) in [6, 6.07) is 4.14. The fourth-order valence-corrected chi connectivity index (χ4v) is 2.52. The van der Waals surface area contributed by atoms with Crippen LogP contribution in [0.4, 0.5) is 0 Å². The highest BCUT2D eigenvalue weighted by molar-refractivity contribution is 9.10. The highest BCUT2D eigenvalue weighted by Crippen LogP contribution is 2.29. The summed E-state index contributed by atoms with van der Waals surface area (Å²) in [6.45, 7) is 3.48. The molecule has 0 heterocycles. The van der Waals surface area contributed by atoms with E-state index in [0.29, 0.717) is 6.61 Å². The Balaban J connectivity index is 2.70. The van der Waals surface area contributed by atoms with Crippen molar-refractivity contribution in [3.05, 3.63) is 27.7 Å². The van der Waals surface area contributed by atoms with E-state index in [9.17, 15) is 0 Å². The van der Waals surface area contributed by atoms with Crippen molar-refractivity contribution in [1.82, 2.24) is 0 Å². The zero-order valence-electron chi connectivity index (χ0n) is 9.56. The second kappa shape index (κ2) is 7.30. The quantitative estimate of drug-likeness (QED) is 0.568. The Morgan fingerprint density at radius 3 is 2.62 bits per heavy atom. The molecule has 1 aromatic rings. The molecule has 0 N–H and O–H groups in total. The molecule has 0 spiro atoms. The largest absolute Gasteiger partial charge is 0.493 e. The van der Waals surface area contributed by atoms with Crippen molar-refractivity contribution >= 4 is 31.9 Å². The van der Waals surface area contributed by atoms with Crippen LogP contribution in [-0.2, 0) is 10.1 Å². The van der Waals surface area contributed by atoms with Crippen LogP contribution in [0.3, 0.4) is 0 Å². The van der Waals surface area contributed by atoms with Crippen molar-refractivity contribution in [3.63, 3.8) is 0 Å². The van der Waals surface area contributed by atoms with E-state index in [4.69, 9.17) is 9.47 Å². The molecule has 2 nitrogen and oxygen atoms in total. The Bertz CT molecular complexity index is 340. The molecule has 90 valence electrons. The molecule has 0 atom stereocenters. The van der Waals surface area contributed by atoms with Crippen LogP contribution in [0.15, 0.2) is 16.6 Å². The van der Waals surface area contributed by atoms with Gasteiger partial charge in [0.05, 0.1) is 6.61 Å². The number of hydrogen-bond acceptors (Lipinski definition) is 2. The molecule has 0 radical (unpaired) electrons. The van der Waals surface area contributed by atoms with Gasteiger partial charge in [-0.3, -0.25) is 0 Å². The number of benzene rings is 1. The van der Waals surface area contributed by atoms with Gasteiger partial charge >= 0.3 is 0 Å². The summed E-state index contributed by atoms with van der Waals surface area (Å²) in [5, 5.41) is 0.799. The standard InChI is InChI=1S/C12H16Br2O2/c1-9-6-11(14)7-10(8-13)12(9)16-5-3-4-15-2/h6-7H,3-5,8H2,1-2H3. The van der Waals surface area contributed by atoms with Gasteiger partial charge in [0.25, 0.3) is 0 Å². The van der Waals surface area contributed by atoms with Crippen LogP contribution in [0.25, 0.3) is 0 Å². The van der Waals surface area contributed by atoms with Gasteiger partial charge in [0, 0.05) is 35.5 Å². The van der Waals surface area contributed by atoms with Crippen LogP contribution in [0, 0.1) is 6.92 Å². The van der Waals surface area contributed by atoms with E-state index in [2.05, 4.69) is 50.9 Å². The lowest BCUT2D eigenvalue weighted by Gasteiger charge is -2.13. The van der Waals surface area contributed by atoms with Crippen molar-refractivity contribution in [3.8, 4) is 5.75 Å². The molecule has 0 saturated heterocycles. The van der Waals surface area contributed by atoms with Crippen LogP contribution in [-0.4, -0.2) is 20.3 Å². The lowest BCUT2D eigenvalue weighted by molar-refractivity contribution is 0.171. The van der Waals surface area contributed by atoms with E-state index in [1.807, 2.05) is 0 Å². The zero-order valence-corrected chi connectivity index (χ0v) is 12.7. The molecule has 0 aliphatic carbocycles. The van der Waals surface area contributed by atoms with Gasteiger partial charge < -0.3 is 9.47 Å². The third kappa shape index (κ3) is 4.07. The maximum Gasteiger partial charge on any atom is 0.126 e. The Labute approximate surface area is 114 Å². The maximum atomic E-state index is 5.79. The Hall–Kier alpha value is -0.0600. The lowest BCUT2D eigenvalue weighted by Crippen LogP contribution is -2.04. The van der Waals surface area contributed by atoms with Crippen LogP contribution < -0.4 is 4.74 Å². The topological polar surface area (TPSA) is 18.5 Å². The molecule has 16 heavy (non-hydrogen) atoms. The average molecular weight is 352 g/mol. The number of alkyl halides is 1. The van der Waals surface area contributed by atoms with Crippen molar-refractivity contribution < 1.29 is 9.47 Å². The number of ether oxygens (including phenoxy) is 2. The minimum Gasteiger partial charge on any atom is -0.493 e. The number of aryl methyl sites for hydroxylation is 1. The van der Waals surface area contributed by atoms with Gasteiger partial charge in [0.15, 0.2) is 0 Å². The monoisotopic (exact) mass is 350 g/mol. The molecule has 0 bridgehead atoms. The molecule has 0 aromatic heterocycles. The Morgan fingerprint density at radius 2 is 2.00 bits per heavy atom. The lowest BCUT2D eigenvalue weighted by atomic mass is 10.1. The smallest absolute Gasteiger partial charge is 0.126 e. The van der Waals surface area contributed by atoms with E-state index >= 15 is 0 Å². The predicted molar refractivity (Wildman–Crippen MR) is 73.5 cm³/mol. The fourth-order valence-electron chi connectivity index (χ4n) is 1.48. The molecule has 0 fully saturated rings. The SMILES string of the molecule is COCCCOc1c(C)cc(Br)cc1CBr. The van der Waals surface area contributed by atoms with E-state index in [0.717, 1.165) is 34.1 Å². The molecular weight excluding hydrogens is 336 g/mol. The summed E-state index contributed by atoms with van der Waals surface area (Å²) >= 11 is 6.96. The summed E-state index contributed by atoms with van der Waals surface area (Å²) in [6.07, 6.45) is 0.910. The first-order chi connectivity index (χ1) is 7.69. The summed E-state index contributed by atoms with van der Waals surface area (Å²) in [7, 11) is 1.70. The minimum atomic E-state index is 0.691. The predicted octanol–water partition coefficient (Wildman–Crippen LogP) is 4.07. The summed E-state index contributed by atoms with van der Waals surface area (Å²) in [5.41, 5.74) is 2.32. The average Bonchev–Trinajstić information content (AvgIpc) is 2.26. The number of methoxy groups -OCH3 is 1.